The molecule has 1 aliphatic rings. The van der Waals surface area contributed by atoms with Gasteiger partial charge in [0.2, 0.25) is 0 Å². The highest BCUT2D eigenvalue weighted by Crippen LogP contribution is 2.26. The standard InChI is InChI=1S/C14H18N4OS/c1-11-9-20-14(16-11)17-6-3-12(4-7-17)8-18-10-15-5-2-13(18)19/h2,5,9-10,12H,3-4,6-8H2,1H3. The summed E-state index contributed by atoms with van der Waals surface area (Å²) >= 11 is 1.71. The zero-order valence-corrected chi connectivity index (χ0v) is 12.3. The predicted molar refractivity (Wildman–Crippen MR) is 80.3 cm³/mol. The fraction of sp³-hybridized carbons (Fsp3) is 0.500. The van der Waals surface area contributed by atoms with Gasteiger partial charge in [0.15, 0.2) is 5.13 Å². The average Bonchev–Trinajstić information content (AvgIpc) is 2.89. The number of rotatable bonds is 3. The molecule has 0 aromatic carbocycles. The van der Waals surface area contributed by atoms with Gasteiger partial charge in [-0.1, -0.05) is 0 Å². The zero-order chi connectivity index (χ0) is 13.9. The molecule has 0 N–H and O–H groups in total. The number of aromatic nitrogens is 3. The van der Waals surface area contributed by atoms with Gasteiger partial charge in [-0.15, -0.1) is 11.3 Å². The Morgan fingerprint density at radius 1 is 1.40 bits per heavy atom. The van der Waals surface area contributed by atoms with E-state index < -0.39 is 0 Å². The molecule has 2 aromatic heterocycles. The lowest BCUT2D eigenvalue weighted by atomic mass is 9.97. The van der Waals surface area contributed by atoms with Crippen LogP contribution in [0, 0.1) is 12.8 Å². The maximum Gasteiger partial charge on any atom is 0.253 e. The first kappa shape index (κ1) is 13.3. The van der Waals surface area contributed by atoms with Crippen molar-refractivity contribution < 1.29 is 0 Å². The molecule has 0 spiro atoms. The summed E-state index contributed by atoms with van der Waals surface area (Å²) in [6.07, 6.45) is 5.38. The van der Waals surface area contributed by atoms with Gasteiger partial charge in [0, 0.05) is 37.3 Å². The molecule has 20 heavy (non-hydrogen) atoms. The van der Waals surface area contributed by atoms with Gasteiger partial charge in [0.25, 0.3) is 5.56 Å². The zero-order valence-electron chi connectivity index (χ0n) is 11.5. The van der Waals surface area contributed by atoms with Crippen LogP contribution in [0.5, 0.6) is 0 Å². The van der Waals surface area contributed by atoms with Gasteiger partial charge in [-0.2, -0.15) is 0 Å². The topological polar surface area (TPSA) is 51.0 Å². The van der Waals surface area contributed by atoms with Crippen LogP contribution in [0.4, 0.5) is 5.13 Å². The van der Waals surface area contributed by atoms with Crippen molar-refractivity contribution in [3.8, 4) is 0 Å². The van der Waals surface area contributed by atoms with E-state index in [9.17, 15) is 4.79 Å². The summed E-state index contributed by atoms with van der Waals surface area (Å²) in [5.74, 6) is 0.550. The van der Waals surface area contributed by atoms with Crippen molar-refractivity contribution in [3.05, 3.63) is 40.0 Å². The third-order valence-electron chi connectivity index (χ3n) is 3.74. The first-order valence-electron chi connectivity index (χ1n) is 6.90. The van der Waals surface area contributed by atoms with Crippen LogP contribution in [-0.4, -0.2) is 27.6 Å². The quantitative estimate of drug-likeness (QED) is 0.866. The van der Waals surface area contributed by atoms with Crippen LogP contribution in [0.3, 0.4) is 0 Å². The molecule has 0 unspecified atom stereocenters. The highest BCUT2D eigenvalue weighted by Gasteiger charge is 2.21. The van der Waals surface area contributed by atoms with Crippen molar-refractivity contribution >= 4 is 16.5 Å². The van der Waals surface area contributed by atoms with Gasteiger partial charge >= 0.3 is 0 Å². The molecule has 0 amide bonds. The molecule has 6 heteroatoms. The second-order valence-electron chi connectivity index (χ2n) is 5.27. The molecule has 1 aliphatic heterocycles. The van der Waals surface area contributed by atoms with Crippen LogP contribution in [0.1, 0.15) is 18.5 Å². The number of piperidine rings is 1. The summed E-state index contributed by atoms with van der Waals surface area (Å²) in [5, 5.41) is 3.22. The van der Waals surface area contributed by atoms with E-state index in [-0.39, 0.29) is 5.56 Å². The fourth-order valence-corrected chi connectivity index (χ4v) is 3.44. The monoisotopic (exact) mass is 290 g/mol. The highest BCUT2D eigenvalue weighted by atomic mass is 32.1. The Kier molecular flexibility index (Phi) is 3.82. The maximum absolute atomic E-state index is 11.7. The Labute approximate surface area is 121 Å². The number of aryl methyl sites for hydroxylation is 1. The first-order chi connectivity index (χ1) is 9.72. The van der Waals surface area contributed by atoms with Crippen LogP contribution < -0.4 is 10.5 Å². The smallest absolute Gasteiger partial charge is 0.253 e. The Bertz CT molecular complexity index is 628. The van der Waals surface area contributed by atoms with Gasteiger partial charge < -0.3 is 4.90 Å². The summed E-state index contributed by atoms with van der Waals surface area (Å²) in [4.78, 5) is 22.6. The summed E-state index contributed by atoms with van der Waals surface area (Å²) in [7, 11) is 0. The summed E-state index contributed by atoms with van der Waals surface area (Å²) in [5.41, 5.74) is 1.13. The molecule has 0 aliphatic carbocycles. The molecule has 0 atom stereocenters. The lowest BCUT2D eigenvalue weighted by Crippen LogP contribution is -2.36. The molecule has 0 saturated carbocycles. The summed E-state index contributed by atoms with van der Waals surface area (Å²) < 4.78 is 1.72. The normalized spacial score (nSPS) is 16.6. The molecule has 3 heterocycles. The molecular formula is C14H18N4OS. The van der Waals surface area contributed by atoms with E-state index in [1.54, 1.807) is 28.4 Å². The first-order valence-corrected chi connectivity index (χ1v) is 7.78. The Morgan fingerprint density at radius 2 is 2.20 bits per heavy atom. The molecule has 106 valence electrons. The van der Waals surface area contributed by atoms with Crippen molar-refractivity contribution in [1.29, 1.82) is 0 Å². The van der Waals surface area contributed by atoms with E-state index in [1.807, 2.05) is 6.92 Å². The summed E-state index contributed by atoms with van der Waals surface area (Å²) in [6, 6.07) is 1.52. The number of thiazole rings is 1. The SMILES string of the molecule is Cc1csc(N2CCC(Cn3cnccc3=O)CC2)n1. The number of nitrogens with zero attached hydrogens (tertiary/aromatic N) is 4. The Balaban J connectivity index is 1.59. The third-order valence-corrected chi connectivity index (χ3v) is 4.76. The minimum atomic E-state index is 0.0398. The van der Waals surface area contributed by atoms with Gasteiger partial charge in [-0.25, -0.2) is 9.97 Å². The van der Waals surface area contributed by atoms with Crippen molar-refractivity contribution in [1.82, 2.24) is 14.5 Å². The predicted octanol–water partition coefficient (Wildman–Crippen LogP) is 1.92. The van der Waals surface area contributed by atoms with Crippen LogP contribution in [0.2, 0.25) is 0 Å². The van der Waals surface area contributed by atoms with Crippen molar-refractivity contribution in [3.63, 3.8) is 0 Å². The van der Waals surface area contributed by atoms with E-state index >= 15 is 0 Å². The van der Waals surface area contributed by atoms with Crippen molar-refractivity contribution in [2.45, 2.75) is 26.3 Å². The largest absolute Gasteiger partial charge is 0.348 e. The molecular weight excluding hydrogens is 272 g/mol. The molecule has 1 saturated heterocycles. The lowest BCUT2D eigenvalue weighted by molar-refractivity contribution is 0.351. The molecule has 0 radical (unpaired) electrons. The fourth-order valence-electron chi connectivity index (χ4n) is 2.59. The van der Waals surface area contributed by atoms with Gasteiger partial charge in [0.05, 0.1) is 12.0 Å². The van der Waals surface area contributed by atoms with E-state index in [1.165, 1.54) is 6.07 Å². The van der Waals surface area contributed by atoms with Gasteiger partial charge in [-0.05, 0) is 25.7 Å². The number of hydrogen-bond donors (Lipinski definition) is 0. The van der Waals surface area contributed by atoms with Crippen molar-refractivity contribution in [2.75, 3.05) is 18.0 Å². The summed E-state index contributed by atoms with van der Waals surface area (Å²) in [6.45, 7) is 4.85. The van der Waals surface area contributed by atoms with E-state index in [0.717, 1.165) is 43.3 Å². The average molecular weight is 290 g/mol. The third kappa shape index (κ3) is 2.90. The second kappa shape index (κ2) is 5.75. The minimum Gasteiger partial charge on any atom is -0.348 e. The van der Waals surface area contributed by atoms with Crippen LogP contribution in [0.15, 0.2) is 28.8 Å². The van der Waals surface area contributed by atoms with E-state index in [4.69, 9.17) is 0 Å². The molecule has 1 fully saturated rings. The Morgan fingerprint density at radius 3 is 2.85 bits per heavy atom. The molecule has 3 rings (SSSR count). The van der Waals surface area contributed by atoms with Crippen molar-refractivity contribution in [2.24, 2.45) is 5.92 Å². The number of anilines is 1. The van der Waals surface area contributed by atoms with Crippen LogP contribution in [0.25, 0.3) is 0 Å². The highest BCUT2D eigenvalue weighted by molar-refractivity contribution is 7.13. The maximum atomic E-state index is 11.7. The second-order valence-corrected chi connectivity index (χ2v) is 6.11. The minimum absolute atomic E-state index is 0.0398. The lowest BCUT2D eigenvalue weighted by Gasteiger charge is -2.31. The molecule has 0 bridgehead atoms. The Hall–Kier alpha value is -1.69. The van der Waals surface area contributed by atoms with Gasteiger partial charge in [0.1, 0.15) is 0 Å². The molecule has 5 nitrogen and oxygen atoms in total. The van der Waals surface area contributed by atoms with E-state index in [2.05, 4.69) is 20.2 Å². The molecule has 2 aromatic rings. The number of hydrogen-bond acceptors (Lipinski definition) is 5. The van der Waals surface area contributed by atoms with E-state index in [0.29, 0.717) is 5.92 Å². The van der Waals surface area contributed by atoms with Crippen LogP contribution in [-0.2, 0) is 6.54 Å². The van der Waals surface area contributed by atoms with Gasteiger partial charge in [-0.3, -0.25) is 9.36 Å². The van der Waals surface area contributed by atoms with Crippen LogP contribution >= 0.6 is 11.3 Å².